The predicted octanol–water partition coefficient (Wildman–Crippen LogP) is 4.01. The van der Waals surface area contributed by atoms with E-state index in [1.54, 1.807) is 16.7 Å². The van der Waals surface area contributed by atoms with Crippen LogP contribution in [0.4, 0.5) is 0 Å². The van der Waals surface area contributed by atoms with Gasteiger partial charge in [0.1, 0.15) is 11.3 Å². The number of pyridine rings is 1. The van der Waals surface area contributed by atoms with Gasteiger partial charge >= 0.3 is 0 Å². The first-order valence-corrected chi connectivity index (χ1v) is 8.92. The summed E-state index contributed by atoms with van der Waals surface area (Å²) < 4.78 is 6.92. The molecule has 0 saturated carbocycles. The molecule has 0 atom stereocenters. The van der Waals surface area contributed by atoms with Gasteiger partial charge in [-0.15, -0.1) is 0 Å². The molecule has 2 heterocycles. The van der Waals surface area contributed by atoms with Crippen molar-refractivity contribution in [1.29, 1.82) is 0 Å². The molecular weight excluding hydrogens is 342 g/mol. The van der Waals surface area contributed by atoms with Crippen molar-refractivity contribution in [3.63, 3.8) is 0 Å². The molecule has 0 fully saturated rings. The summed E-state index contributed by atoms with van der Waals surface area (Å²) in [5.74, 6) is 0.250. The molecular formula is C21H19N3O3. The number of aromatic nitrogens is 3. The molecule has 0 aliphatic heterocycles. The van der Waals surface area contributed by atoms with Gasteiger partial charge in [-0.2, -0.15) is 4.98 Å². The minimum absolute atomic E-state index is 0.0139. The SMILES string of the molecule is CCc1ccc(-c2noc(-c3c(O)c4ccccc4n(CC)c3=O)n2)cc1. The summed E-state index contributed by atoms with van der Waals surface area (Å²) in [5, 5.41) is 15.3. The highest BCUT2D eigenvalue weighted by atomic mass is 16.5. The molecule has 0 aliphatic rings. The Balaban J connectivity index is 1.88. The van der Waals surface area contributed by atoms with Gasteiger partial charge < -0.3 is 14.2 Å². The maximum atomic E-state index is 12.9. The maximum Gasteiger partial charge on any atom is 0.267 e. The number of aryl methyl sites for hydroxylation is 2. The Bertz CT molecular complexity index is 1170. The van der Waals surface area contributed by atoms with Crippen molar-refractivity contribution in [1.82, 2.24) is 14.7 Å². The van der Waals surface area contributed by atoms with E-state index in [1.807, 2.05) is 43.3 Å². The fraction of sp³-hybridized carbons (Fsp3) is 0.190. The molecule has 0 unspecified atom stereocenters. The van der Waals surface area contributed by atoms with E-state index in [4.69, 9.17) is 4.52 Å². The van der Waals surface area contributed by atoms with Crippen LogP contribution in [0.5, 0.6) is 5.75 Å². The second-order valence-electron chi connectivity index (χ2n) is 6.26. The molecule has 0 spiro atoms. The molecule has 27 heavy (non-hydrogen) atoms. The monoisotopic (exact) mass is 361 g/mol. The molecule has 0 aliphatic carbocycles. The van der Waals surface area contributed by atoms with Crippen LogP contribution >= 0.6 is 0 Å². The lowest BCUT2D eigenvalue weighted by Gasteiger charge is -2.11. The maximum absolute atomic E-state index is 12.9. The van der Waals surface area contributed by atoms with Crippen LogP contribution in [0.3, 0.4) is 0 Å². The van der Waals surface area contributed by atoms with Crippen molar-refractivity contribution in [3.05, 3.63) is 64.4 Å². The summed E-state index contributed by atoms with van der Waals surface area (Å²) >= 11 is 0. The van der Waals surface area contributed by atoms with Gasteiger partial charge in [0.15, 0.2) is 0 Å². The summed E-state index contributed by atoms with van der Waals surface area (Å²) in [5.41, 5.74) is 2.34. The third kappa shape index (κ3) is 2.79. The molecule has 1 N–H and O–H groups in total. The van der Waals surface area contributed by atoms with Crippen LogP contribution in [0.25, 0.3) is 33.7 Å². The first-order valence-electron chi connectivity index (χ1n) is 8.92. The zero-order chi connectivity index (χ0) is 19.0. The van der Waals surface area contributed by atoms with Gasteiger partial charge in [0, 0.05) is 17.5 Å². The Hall–Kier alpha value is -3.41. The molecule has 0 radical (unpaired) electrons. The Morgan fingerprint density at radius 1 is 1.07 bits per heavy atom. The number of fused-ring (bicyclic) bond motifs is 1. The van der Waals surface area contributed by atoms with E-state index in [0.717, 1.165) is 12.0 Å². The summed E-state index contributed by atoms with van der Waals surface area (Å²) in [6.07, 6.45) is 0.944. The number of hydrogen-bond donors (Lipinski definition) is 1. The first kappa shape index (κ1) is 17.0. The molecule has 2 aromatic heterocycles. The zero-order valence-corrected chi connectivity index (χ0v) is 15.1. The summed E-state index contributed by atoms with van der Waals surface area (Å²) in [7, 11) is 0. The molecule has 0 bridgehead atoms. The Morgan fingerprint density at radius 2 is 1.81 bits per heavy atom. The van der Waals surface area contributed by atoms with Crippen LogP contribution in [0, 0.1) is 0 Å². The highest BCUT2D eigenvalue weighted by Gasteiger charge is 2.22. The standard InChI is InChI=1S/C21H19N3O3/c1-3-13-9-11-14(12-10-13)19-22-20(27-23-19)17-18(25)15-7-5-6-8-16(15)24(4-2)21(17)26/h5-12,25H,3-4H2,1-2H3. The van der Waals surface area contributed by atoms with Crippen LogP contribution in [0.15, 0.2) is 57.8 Å². The second-order valence-corrected chi connectivity index (χ2v) is 6.26. The minimum Gasteiger partial charge on any atom is -0.506 e. The quantitative estimate of drug-likeness (QED) is 0.594. The second kappa shape index (κ2) is 6.72. The van der Waals surface area contributed by atoms with Crippen LogP contribution in [-0.2, 0) is 13.0 Å². The molecule has 0 amide bonds. The smallest absolute Gasteiger partial charge is 0.267 e. The molecule has 6 heteroatoms. The fourth-order valence-corrected chi connectivity index (χ4v) is 3.23. The van der Waals surface area contributed by atoms with Crippen molar-refractivity contribution in [3.8, 4) is 28.6 Å². The van der Waals surface area contributed by atoms with E-state index >= 15 is 0 Å². The van der Waals surface area contributed by atoms with Gasteiger partial charge in [-0.3, -0.25) is 4.79 Å². The number of benzene rings is 2. The van der Waals surface area contributed by atoms with Gasteiger partial charge in [0.2, 0.25) is 5.82 Å². The summed E-state index contributed by atoms with van der Waals surface area (Å²) in [6, 6.07) is 15.0. The Labute approximate surface area is 155 Å². The lowest BCUT2D eigenvalue weighted by atomic mass is 10.1. The van der Waals surface area contributed by atoms with E-state index in [2.05, 4.69) is 17.1 Å². The highest BCUT2D eigenvalue weighted by molar-refractivity contribution is 5.90. The van der Waals surface area contributed by atoms with Crippen molar-refractivity contribution in [2.24, 2.45) is 0 Å². The number of aromatic hydroxyl groups is 1. The minimum atomic E-state index is -0.356. The topological polar surface area (TPSA) is 81.2 Å². The zero-order valence-electron chi connectivity index (χ0n) is 15.1. The van der Waals surface area contributed by atoms with Crippen molar-refractivity contribution in [2.75, 3.05) is 0 Å². The predicted molar refractivity (Wildman–Crippen MR) is 104 cm³/mol. The lowest BCUT2D eigenvalue weighted by molar-refractivity contribution is 0.425. The van der Waals surface area contributed by atoms with Crippen LogP contribution in [-0.4, -0.2) is 19.8 Å². The van der Waals surface area contributed by atoms with E-state index in [1.165, 1.54) is 5.56 Å². The molecule has 136 valence electrons. The molecule has 4 rings (SSSR count). The van der Waals surface area contributed by atoms with Crippen molar-refractivity contribution >= 4 is 10.9 Å². The number of rotatable bonds is 4. The van der Waals surface area contributed by atoms with Gasteiger partial charge in [0.05, 0.1) is 5.52 Å². The van der Waals surface area contributed by atoms with E-state index in [9.17, 15) is 9.90 Å². The average Bonchev–Trinajstić information content (AvgIpc) is 3.18. The highest BCUT2D eigenvalue weighted by Crippen LogP contribution is 2.33. The molecule has 6 nitrogen and oxygen atoms in total. The molecule has 0 saturated heterocycles. The lowest BCUT2D eigenvalue weighted by Crippen LogP contribution is -2.21. The van der Waals surface area contributed by atoms with E-state index in [0.29, 0.717) is 23.3 Å². The number of nitrogens with zero attached hydrogens (tertiary/aromatic N) is 3. The summed E-state index contributed by atoms with van der Waals surface area (Å²) in [6.45, 7) is 4.43. The Kier molecular flexibility index (Phi) is 4.24. The van der Waals surface area contributed by atoms with Crippen LogP contribution < -0.4 is 5.56 Å². The van der Waals surface area contributed by atoms with Crippen molar-refractivity contribution < 1.29 is 9.63 Å². The van der Waals surface area contributed by atoms with E-state index < -0.39 is 0 Å². The first-order chi connectivity index (χ1) is 13.1. The largest absolute Gasteiger partial charge is 0.506 e. The average molecular weight is 361 g/mol. The van der Waals surface area contributed by atoms with Crippen LogP contribution in [0.2, 0.25) is 0 Å². The van der Waals surface area contributed by atoms with Crippen LogP contribution in [0.1, 0.15) is 19.4 Å². The fourth-order valence-electron chi connectivity index (χ4n) is 3.23. The van der Waals surface area contributed by atoms with E-state index in [-0.39, 0.29) is 22.8 Å². The third-order valence-corrected chi connectivity index (χ3v) is 4.72. The third-order valence-electron chi connectivity index (χ3n) is 4.72. The van der Waals surface area contributed by atoms with Gasteiger partial charge in [0.25, 0.3) is 11.4 Å². The van der Waals surface area contributed by atoms with Gasteiger partial charge in [-0.1, -0.05) is 48.5 Å². The van der Waals surface area contributed by atoms with Gasteiger partial charge in [-0.05, 0) is 31.0 Å². The number of para-hydroxylation sites is 1. The summed E-state index contributed by atoms with van der Waals surface area (Å²) in [4.78, 5) is 17.3. The molecule has 4 aromatic rings. The van der Waals surface area contributed by atoms with Gasteiger partial charge in [-0.25, -0.2) is 0 Å². The van der Waals surface area contributed by atoms with Crippen molar-refractivity contribution in [2.45, 2.75) is 26.8 Å². The number of hydrogen-bond acceptors (Lipinski definition) is 5. The Morgan fingerprint density at radius 3 is 2.52 bits per heavy atom. The normalized spacial score (nSPS) is 11.2. The molecule has 2 aromatic carbocycles.